The third kappa shape index (κ3) is 2.90. The number of amides is 1. The Morgan fingerprint density at radius 2 is 2.05 bits per heavy atom. The van der Waals surface area contributed by atoms with E-state index in [1.54, 1.807) is 20.8 Å². The first-order chi connectivity index (χ1) is 10.1. The van der Waals surface area contributed by atoms with Gasteiger partial charge in [0.15, 0.2) is 0 Å². The molecule has 2 rings (SSSR count). The van der Waals surface area contributed by atoms with E-state index in [0.29, 0.717) is 5.69 Å². The number of hydrogen-bond acceptors (Lipinski definition) is 4. The second-order valence-corrected chi connectivity index (χ2v) is 8.15. The first-order valence-electron chi connectivity index (χ1n) is 6.88. The number of hydrogen-bond donors (Lipinski definition) is 2. The van der Waals surface area contributed by atoms with Crippen molar-refractivity contribution < 1.29 is 13.4 Å². The van der Waals surface area contributed by atoms with Crippen molar-refractivity contribution in [2.45, 2.75) is 38.0 Å². The predicted molar refractivity (Wildman–Crippen MR) is 86.8 cm³/mol. The summed E-state index contributed by atoms with van der Waals surface area (Å²) < 4.78 is 26.0. The molecule has 1 aliphatic rings. The first-order valence-corrected chi connectivity index (χ1v) is 8.20. The molecule has 0 saturated heterocycles. The average molecular weight is 325 g/mol. The lowest BCUT2D eigenvalue weighted by atomic mass is 9.92. The molecule has 0 spiro atoms. The molecular formula is C15H20FN3O2S. The molecule has 5 nitrogen and oxygen atoms in total. The van der Waals surface area contributed by atoms with Crippen LogP contribution < -0.4 is 11.1 Å². The number of nitrogens with zero attached hydrogens (tertiary/aromatic N) is 1. The Labute approximate surface area is 131 Å². The van der Waals surface area contributed by atoms with E-state index in [1.807, 2.05) is 0 Å². The maximum atomic E-state index is 14.3. The molecule has 1 aromatic rings. The van der Waals surface area contributed by atoms with Crippen LogP contribution in [0.25, 0.3) is 0 Å². The van der Waals surface area contributed by atoms with Crippen molar-refractivity contribution in [1.29, 1.82) is 0 Å². The Kier molecular flexibility index (Phi) is 4.12. The second-order valence-electron chi connectivity index (χ2n) is 6.15. The minimum absolute atomic E-state index is 0.168. The van der Waals surface area contributed by atoms with Gasteiger partial charge in [-0.2, -0.15) is 0 Å². The fraction of sp³-hybridized carbons (Fsp3) is 0.467. The lowest BCUT2D eigenvalue weighted by Crippen LogP contribution is -2.52. The summed E-state index contributed by atoms with van der Waals surface area (Å²) in [6.07, 6.45) is 0. The highest BCUT2D eigenvalue weighted by Gasteiger charge is 2.44. The van der Waals surface area contributed by atoms with Gasteiger partial charge in [-0.25, -0.2) is 4.39 Å². The summed E-state index contributed by atoms with van der Waals surface area (Å²) in [7, 11) is -1.29. The van der Waals surface area contributed by atoms with Crippen LogP contribution in [0.5, 0.6) is 0 Å². The van der Waals surface area contributed by atoms with E-state index in [2.05, 4.69) is 10.3 Å². The van der Waals surface area contributed by atoms with Crippen molar-refractivity contribution >= 4 is 28.2 Å². The fourth-order valence-electron chi connectivity index (χ4n) is 2.34. The number of carbonyl (C=O) groups is 1. The number of nitrogens with two attached hydrogens (primary N) is 1. The molecule has 0 radical (unpaired) electrons. The largest absolute Gasteiger partial charge is 0.386 e. The summed E-state index contributed by atoms with van der Waals surface area (Å²) in [6, 6.07) is 4.25. The van der Waals surface area contributed by atoms with Crippen molar-refractivity contribution in [2.24, 2.45) is 10.7 Å². The van der Waals surface area contributed by atoms with Gasteiger partial charge in [0.2, 0.25) is 5.91 Å². The number of halogens is 1. The molecule has 1 unspecified atom stereocenters. The van der Waals surface area contributed by atoms with Crippen molar-refractivity contribution in [3.8, 4) is 0 Å². The second kappa shape index (κ2) is 5.46. The maximum Gasteiger partial charge on any atom is 0.221 e. The number of amidine groups is 1. The molecule has 0 fully saturated rings. The van der Waals surface area contributed by atoms with E-state index in [-0.39, 0.29) is 23.1 Å². The van der Waals surface area contributed by atoms with Gasteiger partial charge in [0.25, 0.3) is 0 Å². The highest BCUT2D eigenvalue weighted by molar-refractivity contribution is 7.87. The summed E-state index contributed by atoms with van der Waals surface area (Å²) in [5.41, 5.74) is 5.66. The van der Waals surface area contributed by atoms with Gasteiger partial charge < -0.3 is 11.1 Å². The minimum atomic E-state index is -1.29. The number of benzene rings is 1. The van der Waals surface area contributed by atoms with Gasteiger partial charge in [-0.05, 0) is 39.0 Å². The van der Waals surface area contributed by atoms with Gasteiger partial charge in [-0.1, -0.05) is 0 Å². The maximum absolute atomic E-state index is 14.3. The summed E-state index contributed by atoms with van der Waals surface area (Å²) >= 11 is 0. The molecule has 1 amide bonds. The molecule has 7 heteroatoms. The zero-order valence-electron chi connectivity index (χ0n) is 13.1. The predicted octanol–water partition coefficient (Wildman–Crippen LogP) is 1.90. The Morgan fingerprint density at radius 3 is 2.59 bits per heavy atom. The molecule has 0 saturated carbocycles. The van der Waals surface area contributed by atoms with Crippen LogP contribution in [-0.4, -0.2) is 26.5 Å². The smallest absolute Gasteiger partial charge is 0.221 e. The van der Waals surface area contributed by atoms with E-state index in [1.165, 1.54) is 25.1 Å². The average Bonchev–Trinajstić information content (AvgIpc) is 2.38. The summed E-state index contributed by atoms with van der Waals surface area (Å²) in [5, 5.41) is 2.61. The summed E-state index contributed by atoms with van der Waals surface area (Å²) in [4.78, 5) is 15.6. The normalized spacial score (nSPS) is 27.1. The number of aliphatic imine (C=N–C) groups is 1. The number of nitrogens with one attached hydrogen (secondary N) is 1. The number of anilines is 1. The lowest BCUT2D eigenvalue weighted by molar-refractivity contribution is -0.114. The van der Waals surface area contributed by atoms with Crippen molar-refractivity contribution in [1.82, 2.24) is 0 Å². The Bertz CT molecular complexity index is 687. The quantitative estimate of drug-likeness (QED) is 0.871. The molecule has 120 valence electrons. The van der Waals surface area contributed by atoms with Crippen molar-refractivity contribution in [3.63, 3.8) is 0 Å². The fourth-order valence-corrected chi connectivity index (χ4v) is 3.71. The van der Waals surface area contributed by atoms with Crippen molar-refractivity contribution in [2.75, 3.05) is 11.1 Å². The molecule has 22 heavy (non-hydrogen) atoms. The number of carbonyl (C=O) groups excluding carboxylic acids is 1. The zero-order chi connectivity index (χ0) is 16.7. The molecule has 1 aromatic carbocycles. The monoisotopic (exact) mass is 325 g/mol. The van der Waals surface area contributed by atoms with Crippen LogP contribution in [0.3, 0.4) is 0 Å². The third-order valence-corrected chi connectivity index (χ3v) is 6.00. The molecule has 1 aliphatic heterocycles. The van der Waals surface area contributed by atoms with Crippen LogP contribution in [0.4, 0.5) is 10.1 Å². The standard InChI is InChI=1S/C15H20FN3O2S/c1-9(20)18-10-5-6-12(16)11(7-10)15(4)8-22(21)14(2,3)13(17)19-15/h5-7H,8H2,1-4H3,(H2,17,19)(H,18,20)/t15-,22?/m0/s1. The Hall–Kier alpha value is -1.76. The van der Waals surface area contributed by atoms with Gasteiger partial charge in [0.1, 0.15) is 11.7 Å². The van der Waals surface area contributed by atoms with Crippen LogP contribution in [0.2, 0.25) is 0 Å². The van der Waals surface area contributed by atoms with Gasteiger partial charge >= 0.3 is 0 Å². The molecule has 0 aliphatic carbocycles. The molecule has 0 aromatic heterocycles. The minimum Gasteiger partial charge on any atom is -0.386 e. The molecule has 3 N–H and O–H groups in total. The third-order valence-electron chi connectivity index (χ3n) is 3.83. The molecule has 2 atom stereocenters. The van der Waals surface area contributed by atoms with Crippen LogP contribution >= 0.6 is 0 Å². The number of rotatable bonds is 2. The van der Waals surface area contributed by atoms with Gasteiger partial charge in [0, 0.05) is 29.0 Å². The van der Waals surface area contributed by atoms with E-state index in [9.17, 15) is 13.4 Å². The van der Waals surface area contributed by atoms with Crippen LogP contribution in [0.1, 0.15) is 33.3 Å². The van der Waals surface area contributed by atoms with E-state index < -0.39 is 26.9 Å². The van der Waals surface area contributed by atoms with E-state index in [4.69, 9.17) is 5.73 Å². The summed E-state index contributed by atoms with van der Waals surface area (Å²) in [6.45, 7) is 6.58. The zero-order valence-corrected chi connectivity index (χ0v) is 13.9. The Balaban J connectivity index is 2.53. The lowest BCUT2D eigenvalue weighted by Gasteiger charge is -2.37. The van der Waals surface area contributed by atoms with Gasteiger partial charge in [0.05, 0.1) is 16.0 Å². The van der Waals surface area contributed by atoms with Crippen LogP contribution in [0, 0.1) is 5.82 Å². The first kappa shape index (κ1) is 16.6. The van der Waals surface area contributed by atoms with E-state index >= 15 is 0 Å². The van der Waals surface area contributed by atoms with Crippen molar-refractivity contribution in [3.05, 3.63) is 29.6 Å². The highest BCUT2D eigenvalue weighted by atomic mass is 32.2. The van der Waals surface area contributed by atoms with Crippen LogP contribution in [0.15, 0.2) is 23.2 Å². The van der Waals surface area contributed by atoms with E-state index in [0.717, 1.165) is 0 Å². The van der Waals surface area contributed by atoms with Gasteiger partial charge in [-0.3, -0.25) is 14.0 Å². The van der Waals surface area contributed by atoms with Crippen LogP contribution in [-0.2, 0) is 21.1 Å². The SMILES string of the molecule is CC(=O)Nc1ccc(F)c([C@]2(C)CS(=O)C(C)(C)C(N)=N2)c1. The van der Waals surface area contributed by atoms with Gasteiger partial charge in [-0.15, -0.1) is 0 Å². The topological polar surface area (TPSA) is 84.5 Å². The summed E-state index contributed by atoms with van der Waals surface area (Å²) in [5.74, 6) is -0.311. The molecule has 0 bridgehead atoms. The Morgan fingerprint density at radius 1 is 1.41 bits per heavy atom. The molecular weight excluding hydrogens is 305 g/mol. The highest BCUT2D eigenvalue weighted by Crippen LogP contribution is 2.36. The molecule has 1 heterocycles.